The molecule has 3 nitrogen and oxygen atoms in total. The van der Waals surface area contributed by atoms with Crippen molar-refractivity contribution in [2.45, 2.75) is 45.4 Å². The Labute approximate surface area is 155 Å². The van der Waals surface area contributed by atoms with Gasteiger partial charge in [0.2, 0.25) is 5.91 Å². The molecular formula is C23H25NO2. The van der Waals surface area contributed by atoms with Crippen molar-refractivity contribution in [2.24, 2.45) is 0 Å². The summed E-state index contributed by atoms with van der Waals surface area (Å²) in [6, 6.07) is 13.7. The minimum atomic E-state index is -0.298. The second-order valence-corrected chi connectivity index (χ2v) is 7.15. The summed E-state index contributed by atoms with van der Waals surface area (Å²) in [5.74, 6) is 0.0196. The van der Waals surface area contributed by atoms with Gasteiger partial charge in [-0.05, 0) is 72.6 Å². The first-order chi connectivity index (χ1) is 12.5. The van der Waals surface area contributed by atoms with Gasteiger partial charge in [-0.3, -0.25) is 9.59 Å². The monoisotopic (exact) mass is 347 g/mol. The highest BCUT2D eigenvalue weighted by Crippen LogP contribution is 2.22. The maximum absolute atomic E-state index is 12.3. The first-order valence-corrected chi connectivity index (χ1v) is 9.28. The molecule has 3 heteroatoms. The van der Waals surface area contributed by atoms with Gasteiger partial charge in [-0.1, -0.05) is 38.1 Å². The third kappa shape index (κ3) is 4.48. The largest absolute Gasteiger partial charge is 0.323 e. The summed E-state index contributed by atoms with van der Waals surface area (Å²) in [6.07, 6.45) is 7.18. The SMILES string of the molecule is CC(C)c1ccc(NC(=O)/C=C/C(=O)c2ccc3c(c2)CCCC3)cc1. The van der Waals surface area contributed by atoms with E-state index in [0.717, 1.165) is 18.5 Å². The van der Waals surface area contributed by atoms with Gasteiger partial charge in [-0.2, -0.15) is 0 Å². The lowest BCUT2D eigenvalue weighted by Gasteiger charge is -2.15. The Morgan fingerprint density at radius 2 is 1.62 bits per heavy atom. The molecule has 0 fully saturated rings. The van der Waals surface area contributed by atoms with Gasteiger partial charge in [-0.25, -0.2) is 0 Å². The minimum Gasteiger partial charge on any atom is -0.323 e. The van der Waals surface area contributed by atoms with Crippen LogP contribution in [-0.4, -0.2) is 11.7 Å². The van der Waals surface area contributed by atoms with Gasteiger partial charge in [0.05, 0.1) is 0 Å². The lowest BCUT2D eigenvalue weighted by Crippen LogP contribution is -2.09. The number of carbonyl (C=O) groups is 2. The molecular weight excluding hydrogens is 322 g/mol. The third-order valence-electron chi connectivity index (χ3n) is 4.86. The van der Waals surface area contributed by atoms with Crippen molar-refractivity contribution < 1.29 is 9.59 Å². The van der Waals surface area contributed by atoms with Gasteiger partial charge < -0.3 is 5.32 Å². The molecule has 0 unspecified atom stereocenters. The Balaban J connectivity index is 1.61. The van der Waals surface area contributed by atoms with E-state index in [1.807, 2.05) is 42.5 Å². The van der Waals surface area contributed by atoms with Crippen LogP contribution < -0.4 is 5.32 Å². The number of allylic oxidation sites excluding steroid dienone is 1. The summed E-state index contributed by atoms with van der Waals surface area (Å²) in [5.41, 5.74) is 5.21. The second-order valence-electron chi connectivity index (χ2n) is 7.15. The third-order valence-corrected chi connectivity index (χ3v) is 4.86. The maximum Gasteiger partial charge on any atom is 0.248 e. The van der Waals surface area contributed by atoms with Gasteiger partial charge >= 0.3 is 0 Å². The zero-order valence-electron chi connectivity index (χ0n) is 15.4. The predicted molar refractivity (Wildman–Crippen MR) is 106 cm³/mol. The van der Waals surface area contributed by atoms with E-state index in [-0.39, 0.29) is 11.7 Å². The van der Waals surface area contributed by atoms with Crippen molar-refractivity contribution in [3.05, 3.63) is 76.9 Å². The highest BCUT2D eigenvalue weighted by atomic mass is 16.1. The van der Waals surface area contributed by atoms with Crippen LogP contribution in [0.1, 0.15) is 59.7 Å². The molecule has 0 atom stereocenters. The van der Waals surface area contributed by atoms with Gasteiger partial charge in [-0.15, -0.1) is 0 Å². The van der Waals surface area contributed by atoms with E-state index in [4.69, 9.17) is 0 Å². The molecule has 134 valence electrons. The lowest BCUT2D eigenvalue weighted by atomic mass is 9.90. The quantitative estimate of drug-likeness (QED) is 0.606. The summed E-state index contributed by atoms with van der Waals surface area (Å²) < 4.78 is 0. The fourth-order valence-corrected chi connectivity index (χ4v) is 3.27. The van der Waals surface area contributed by atoms with Crippen molar-refractivity contribution in [1.82, 2.24) is 0 Å². The fourth-order valence-electron chi connectivity index (χ4n) is 3.27. The van der Waals surface area contributed by atoms with Crippen LogP contribution in [0.25, 0.3) is 0 Å². The fraction of sp³-hybridized carbons (Fsp3) is 0.304. The molecule has 1 aliphatic carbocycles. The first-order valence-electron chi connectivity index (χ1n) is 9.28. The summed E-state index contributed by atoms with van der Waals surface area (Å²) in [4.78, 5) is 24.4. The second kappa shape index (κ2) is 8.13. The van der Waals surface area contributed by atoms with E-state index >= 15 is 0 Å². The minimum absolute atomic E-state index is 0.135. The molecule has 0 radical (unpaired) electrons. The van der Waals surface area contributed by atoms with Gasteiger partial charge in [0.15, 0.2) is 5.78 Å². The number of amides is 1. The Morgan fingerprint density at radius 3 is 2.31 bits per heavy atom. The number of carbonyl (C=O) groups excluding carboxylic acids is 2. The van der Waals surface area contributed by atoms with E-state index in [0.29, 0.717) is 11.5 Å². The molecule has 0 spiro atoms. The molecule has 2 aromatic rings. The van der Waals surface area contributed by atoms with Crippen LogP contribution in [0.3, 0.4) is 0 Å². The van der Waals surface area contributed by atoms with Gasteiger partial charge in [0.25, 0.3) is 0 Å². The van der Waals surface area contributed by atoms with Gasteiger partial charge in [0.1, 0.15) is 0 Å². The zero-order valence-corrected chi connectivity index (χ0v) is 15.4. The number of nitrogens with one attached hydrogen (secondary N) is 1. The number of anilines is 1. The van der Waals surface area contributed by atoms with Crippen LogP contribution in [0.15, 0.2) is 54.6 Å². The molecule has 0 saturated heterocycles. The Hall–Kier alpha value is -2.68. The molecule has 0 bridgehead atoms. The predicted octanol–water partition coefficient (Wildman–Crippen LogP) is 5.07. The average molecular weight is 347 g/mol. The number of rotatable bonds is 5. The molecule has 26 heavy (non-hydrogen) atoms. The van der Waals surface area contributed by atoms with Crippen molar-refractivity contribution in [3.63, 3.8) is 0 Å². The Kier molecular flexibility index (Phi) is 5.67. The Morgan fingerprint density at radius 1 is 0.923 bits per heavy atom. The summed E-state index contributed by atoms with van der Waals surface area (Å²) in [5, 5.41) is 2.79. The van der Waals surface area contributed by atoms with Crippen molar-refractivity contribution >= 4 is 17.4 Å². The van der Waals surface area contributed by atoms with Crippen LogP contribution in [-0.2, 0) is 17.6 Å². The number of fused-ring (bicyclic) bond motifs is 1. The molecule has 0 aliphatic heterocycles. The smallest absolute Gasteiger partial charge is 0.248 e. The molecule has 1 amide bonds. The first kappa shape index (κ1) is 18.1. The van der Waals surface area contributed by atoms with Gasteiger partial charge in [0, 0.05) is 17.3 Å². The summed E-state index contributed by atoms with van der Waals surface area (Å²) in [6.45, 7) is 4.26. The van der Waals surface area contributed by atoms with E-state index in [2.05, 4.69) is 19.2 Å². The van der Waals surface area contributed by atoms with E-state index in [1.54, 1.807) is 0 Å². The van der Waals surface area contributed by atoms with Crippen LogP contribution in [0.2, 0.25) is 0 Å². The summed E-state index contributed by atoms with van der Waals surface area (Å²) >= 11 is 0. The van der Waals surface area contributed by atoms with Crippen LogP contribution >= 0.6 is 0 Å². The maximum atomic E-state index is 12.3. The number of benzene rings is 2. The Bertz CT molecular complexity index is 832. The van der Waals surface area contributed by atoms with Crippen LogP contribution in [0.5, 0.6) is 0 Å². The number of ketones is 1. The number of hydrogen-bond donors (Lipinski definition) is 1. The van der Waals surface area contributed by atoms with E-state index < -0.39 is 0 Å². The van der Waals surface area contributed by atoms with Crippen LogP contribution in [0.4, 0.5) is 5.69 Å². The molecule has 0 saturated carbocycles. The topological polar surface area (TPSA) is 46.2 Å². The molecule has 1 N–H and O–H groups in total. The molecule has 2 aromatic carbocycles. The highest BCUT2D eigenvalue weighted by Gasteiger charge is 2.12. The number of aryl methyl sites for hydroxylation is 2. The van der Waals surface area contributed by atoms with E-state index in [1.165, 1.54) is 41.7 Å². The molecule has 0 heterocycles. The lowest BCUT2D eigenvalue weighted by molar-refractivity contribution is -0.111. The van der Waals surface area contributed by atoms with Crippen molar-refractivity contribution in [2.75, 3.05) is 5.32 Å². The van der Waals surface area contributed by atoms with Crippen molar-refractivity contribution in [1.29, 1.82) is 0 Å². The van der Waals surface area contributed by atoms with Crippen LogP contribution in [0, 0.1) is 0 Å². The zero-order chi connectivity index (χ0) is 18.5. The van der Waals surface area contributed by atoms with Crippen molar-refractivity contribution in [3.8, 4) is 0 Å². The van der Waals surface area contributed by atoms with E-state index in [9.17, 15) is 9.59 Å². The standard InChI is InChI=1S/C23H25NO2/c1-16(2)17-9-11-21(12-10-17)24-23(26)14-13-22(25)20-8-7-18-5-3-4-6-19(18)15-20/h7-16H,3-6H2,1-2H3,(H,24,26)/b14-13+. The summed E-state index contributed by atoms with van der Waals surface area (Å²) in [7, 11) is 0. The average Bonchev–Trinajstić information content (AvgIpc) is 2.66. The molecule has 3 rings (SSSR count). The molecule has 1 aliphatic rings. The number of hydrogen-bond acceptors (Lipinski definition) is 2. The molecule has 0 aromatic heterocycles. The normalized spacial score (nSPS) is 13.7. The highest BCUT2D eigenvalue weighted by molar-refractivity contribution is 6.09.